The predicted octanol–water partition coefficient (Wildman–Crippen LogP) is 4.56. The third-order valence-corrected chi connectivity index (χ3v) is 6.05. The van der Waals surface area contributed by atoms with E-state index in [9.17, 15) is 9.59 Å². The fraction of sp³-hybridized carbons (Fsp3) is 0.280. The Hall–Kier alpha value is -3.39. The molecule has 7 nitrogen and oxygen atoms in total. The summed E-state index contributed by atoms with van der Waals surface area (Å²) in [6, 6.07) is 13.6. The maximum atomic E-state index is 12.6. The average Bonchev–Trinajstić information content (AvgIpc) is 3.16. The van der Waals surface area contributed by atoms with Gasteiger partial charge in [-0.1, -0.05) is 60.7 Å². The number of benzene rings is 2. The molecule has 1 heterocycles. The van der Waals surface area contributed by atoms with Crippen molar-refractivity contribution in [2.75, 3.05) is 16.4 Å². The Balaban J connectivity index is 1.64. The highest BCUT2D eigenvalue weighted by molar-refractivity contribution is 7.99. The molecule has 3 rings (SSSR count). The highest BCUT2D eigenvalue weighted by Crippen LogP contribution is 2.21. The van der Waals surface area contributed by atoms with E-state index in [-0.39, 0.29) is 24.0 Å². The van der Waals surface area contributed by atoms with Crippen molar-refractivity contribution in [3.8, 4) is 0 Å². The lowest BCUT2D eigenvalue weighted by Gasteiger charge is -2.11. The van der Waals surface area contributed by atoms with Crippen LogP contribution in [0.4, 0.5) is 11.4 Å². The van der Waals surface area contributed by atoms with Crippen molar-refractivity contribution in [1.29, 1.82) is 0 Å². The summed E-state index contributed by atoms with van der Waals surface area (Å²) in [7, 11) is 0. The molecule has 0 bridgehead atoms. The van der Waals surface area contributed by atoms with Crippen LogP contribution in [0.2, 0.25) is 0 Å². The fourth-order valence-corrected chi connectivity index (χ4v) is 4.19. The zero-order valence-electron chi connectivity index (χ0n) is 19.2. The summed E-state index contributed by atoms with van der Waals surface area (Å²) in [4.78, 5) is 25.1. The molecule has 0 unspecified atom stereocenters. The number of carbonyl (C=O) groups excluding carboxylic acids is 2. The molecular weight excluding hydrogens is 434 g/mol. The maximum Gasteiger partial charge on any atom is 0.234 e. The average molecular weight is 464 g/mol. The van der Waals surface area contributed by atoms with Gasteiger partial charge in [0.2, 0.25) is 11.8 Å². The number of para-hydroxylation sites is 1. The monoisotopic (exact) mass is 463 g/mol. The van der Waals surface area contributed by atoms with E-state index in [2.05, 4.69) is 34.3 Å². The van der Waals surface area contributed by atoms with E-state index >= 15 is 0 Å². The summed E-state index contributed by atoms with van der Waals surface area (Å²) < 4.78 is 1.81. The van der Waals surface area contributed by atoms with Crippen molar-refractivity contribution in [2.45, 2.75) is 45.3 Å². The van der Waals surface area contributed by atoms with Crippen LogP contribution in [0, 0.1) is 13.8 Å². The lowest BCUT2D eigenvalue weighted by atomic mass is 10.1. The van der Waals surface area contributed by atoms with Gasteiger partial charge in [0.15, 0.2) is 5.16 Å². The predicted molar refractivity (Wildman–Crippen MR) is 134 cm³/mol. The van der Waals surface area contributed by atoms with Crippen LogP contribution in [-0.4, -0.2) is 32.3 Å². The van der Waals surface area contributed by atoms with E-state index in [0.29, 0.717) is 17.5 Å². The minimum absolute atomic E-state index is 0.0742. The zero-order chi connectivity index (χ0) is 23.8. The number of carbonyl (C=O) groups is 2. The molecule has 3 aromatic rings. The van der Waals surface area contributed by atoms with Gasteiger partial charge < -0.3 is 15.2 Å². The van der Waals surface area contributed by atoms with Gasteiger partial charge in [-0.15, -0.1) is 16.8 Å². The molecule has 33 heavy (non-hydrogen) atoms. The standard InChI is InChI=1S/C25H29N5O2S/c1-5-13-30-22(15-23(31)26-20-12-11-17(3)14-18(20)4)28-29-25(30)33-16-24(32)27-21-10-8-7-9-19(21)6-2/h5,7-12,14H,1,6,13,15-16H2,2-4H3,(H,26,31)(H,27,32). The molecule has 0 aliphatic heterocycles. The van der Waals surface area contributed by atoms with Gasteiger partial charge in [-0.25, -0.2) is 0 Å². The first-order valence-corrected chi connectivity index (χ1v) is 11.8. The first-order chi connectivity index (χ1) is 15.9. The topological polar surface area (TPSA) is 88.9 Å². The molecule has 0 spiro atoms. The second-order valence-electron chi connectivity index (χ2n) is 7.69. The molecule has 0 aliphatic rings. The molecule has 2 N–H and O–H groups in total. The van der Waals surface area contributed by atoms with Crippen molar-refractivity contribution >= 4 is 35.0 Å². The Bertz CT molecular complexity index is 1160. The largest absolute Gasteiger partial charge is 0.325 e. The number of aromatic nitrogens is 3. The number of aryl methyl sites for hydroxylation is 3. The molecule has 8 heteroatoms. The highest BCUT2D eigenvalue weighted by atomic mass is 32.2. The molecule has 172 valence electrons. The van der Waals surface area contributed by atoms with Crippen LogP contribution < -0.4 is 10.6 Å². The van der Waals surface area contributed by atoms with Gasteiger partial charge in [-0.3, -0.25) is 9.59 Å². The van der Waals surface area contributed by atoms with E-state index in [1.165, 1.54) is 11.8 Å². The van der Waals surface area contributed by atoms with Gasteiger partial charge in [-0.2, -0.15) is 0 Å². The summed E-state index contributed by atoms with van der Waals surface area (Å²) in [5.74, 6) is 0.409. The molecule has 1 aromatic heterocycles. The number of amides is 2. The van der Waals surface area contributed by atoms with E-state index in [4.69, 9.17) is 0 Å². The van der Waals surface area contributed by atoms with Crippen molar-refractivity contribution in [3.63, 3.8) is 0 Å². The Morgan fingerprint density at radius 3 is 2.55 bits per heavy atom. The SMILES string of the molecule is C=CCn1c(CC(=O)Nc2ccc(C)cc2C)nnc1SCC(=O)Nc1ccccc1CC. The van der Waals surface area contributed by atoms with Crippen molar-refractivity contribution < 1.29 is 9.59 Å². The van der Waals surface area contributed by atoms with Crippen molar-refractivity contribution in [3.05, 3.63) is 77.6 Å². The quantitative estimate of drug-likeness (QED) is 0.340. The van der Waals surface area contributed by atoms with Gasteiger partial charge >= 0.3 is 0 Å². The third kappa shape index (κ3) is 6.55. The van der Waals surface area contributed by atoms with Gasteiger partial charge in [-0.05, 0) is 43.5 Å². The third-order valence-electron chi connectivity index (χ3n) is 5.08. The van der Waals surface area contributed by atoms with Crippen molar-refractivity contribution in [1.82, 2.24) is 14.8 Å². The van der Waals surface area contributed by atoms with Gasteiger partial charge in [0.25, 0.3) is 0 Å². The fourth-order valence-electron chi connectivity index (χ4n) is 3.43. The highest BCUT2D eigenvalue weighted by Gasteiger charge is 2.17. The first kappa shape index (κ1) is 24.3. The van der Waals surface area contributed by atoms with Crippen LogP contribution in [0.3, 0.4) is 0 Å². The minimum atomic E-state index is -0.176. The summed E-state index contributed by atoms with van der Waals surface area (Å²) in [6.07, 6.45) is 2.63. The van der Waals surface area contributed by atoms with Crippen LogP contribution in [0.15, 0.2) is 60.3 Å². The number of rotatable bonds is 10. The minimum Gasteiger partial charge on any atom is -0.325 e. The molecule has 2 amide bonds. The number of allylic oxidation sites excluding steroid dienone is 1. The zero-order valence-corrected chi connectivity index (χ0v) is 20.0. The van der Waals surface area contributed by atoms with Crippen LogP contribution in [0.25, 0.3) is 0 Å². The van der Waals surface area contributed by atoms with Crippen LogP contribution >= 0.6 is 11.8 Å². The summed E-state index contributed by atoms with van der Waals surface area (Å²) in [5.41, 5.74) is 4.83. The maximum absolute atomic E-state index is 12.6. The molecule has 0 saturated carbocycles. The van der Waals surface area contributed by atoms with Gasteiger partial charge in [0, 0.05) is 17.9 Å². The normalized spacial score (nSPS) is 10.6. The molecular formula is C25H29N5O2S. The lowest BCUT2D eigenvalue weighted by molar-refractivity contribution is -0.116. The Morgan fingerprint density at radius 2 is 1.82 bits per heavy atom. The summed E-state index contributed by atoms with van der Waals surface area (Å²) in [6.45, 7) is 10.3. The van der Waals surface area contributed by atoms with E-state index < -0.39 is 0 Å². The van der Waals surface area contributed by atoms with Crippen LogP contribution in [0.5, 0.6) is 0 Å². The number of anilines is 2. The second kappa shape index (κ2) is 11.5. The number of nitrogens with zero attached hydrogens (tertiary/aromatic N) is 3. The Labute approximate surface area is 198 Å². The number of hydrogen-bond acceptors (Lipinski definition) is 5. The number of thioether (sulfide) groups is 1. The van der Waals surface area contributed by atoms with E-state index in [0.717, 1.165) is 34.5 Å². The Morgan fingerprint density at radius 1 is 1.06 bits per heavy atom. The molecule has 0 radical (unpaired) electrons. The Kier molecular flexibility index (Phi) is 8.43. The van der Waals surface area contributed by atoms with E-state index in [1.54, 1.807) is 6.08 Å². The van der Waals surface area contributed by atoms with Crippen molar-refractivity contribution in [2.24, 2.45) is 0 Å². The smallest absolute Gasteiger partial charge is 0.234 e. The van der Waals surface area contributed by atoms with Gasteiger partial charge in [0.1, 0.15) is 5.82 Å². The summed E-state index contributed by atoms with van der Waals surface area (Å²) >= 11 is 1.28. The number of nitrogens with one attached hydrogen (secondary N) is 2. The lowest BCUT2D eigenvalue weighted by Crippen LogP contribution is -2.18. The molecule has 0 atom stereocenters. The molecule has 2 aromatic carbocycles. The number of hydrogen-bond donors (Lipinski definition) is 2. The molecule has 0 saturated heterocycles. The van der Waals surface area contributed by atoms with E-state index in [1.807, 2.05) is 60.9 Å². The molecule has 0 aliphatic carbocycles. The van der Waals surface area contributed by atoms with Crippen LogP contribution in [0.1, 0.15) is 29.4 Å². The van der Waals surface area contributed by atoms with Gasteiger partial charge in [0.05, 0.1) is 12.2 Å². The first-order valence-electron chi connectivity index (χ1n) is 10.8. The summed E-state index contributed by atoms with van der Waals surface area (Å²) in [5, 5.41) is 14.9. The second-order valence-corrected chi connectivity index (χ2v) is 8.63. The molecule has 0 fully saturated rings. The van der Waals surface area contributed by atoms with Crippen LogP contribution in [-0.2, 0) is 29.0 Å².